The average Bonchev–Trinajstić information content (AvgIpc) is 3.02. The highest BCUT2D eigenvalue weighted by molar-refractivity contribution is 5.56. The summed E-state index contributed by atoms with van der Waals surface area (Å²) < 4.78 is 18.9. The molecule has 0 aliphatic heterocycles. The molecule has 3 rings (SSSR count). The summed E-state index contributed by atoms with van der Waals surface area (Å²) in [5, 5.41) is 3.33. The number of hydrogen-bond donors (Lipinski definition) is 1. The molecule has 0 aliphatic rings. The smallest absolute Gasteiger partial charge is 0.208 e. The van der Waals surface area contributed by atoms with Crippen LogP contribution in [0, 0.1) is 5.82 Å². The Balaban J connectivity index is 1.65. The maximum absolute atomic E-state index is 13.2. The van der Waals surface area contributed by atoms with Crippen molar-refractivity contribution in [2.24, 2.45) is 0 Å². The Bertz CT molecular complexity index is 742. The van der Waals surface area contributed by atoms with Crippen molar-refractivity contribution in [1.29, 1.82) is 0 Å². The van der Waals surface area contributed by atoms with Gasteiger partial charge in [0.15, 0.2) is 5.76 Å². The maximum atomic E-state index is 13.2. The van der Waals surface area contributed by atoms with Crippen molar-refractivity contribution in [3.05, 3.63) is 72.3 Å². The monoisotopic (exact) mass is 297 g/mol. The molecule has 0 spiro atoms. The second-order valence-electron chi connectivity index (χ2n) is 5.01. The SMILES string of the molecule is C[C@@H](NCc1ncc(-c2cccc(F)c2)o1)c1ccncc1. The third-order valence-corrected chi connectivity index (χ3v) is 3.43. The molecular weight excluding hydrogens is 281 g/mol. The van der Waals surface area contributed by atoms with Gasteiger partial charge in [-0.2, -0.15) is 0 Å². The summed E-state index contributed by atoms with van der Waals surface area (Å²) in [7, 11) is 0. The summed E-state index contributed by atoms with van der Waals surface area (Å²) >= 11 is 0. The van der Waals surface area contributed by atoms with E-state index >= 15 is 0 Å². The van der Waals surface area contributed by atoms with Crippen molar-refractivity contribution >= 4 is 0 Å². The van der Waals surface area contributed by atoms with Crippen LogP contribution in [0.3, 0.4) is 0 Å². The van der Waals surface area contributed by atoms with Crippen LogP contribution in [0.25, 0.3) is 11.3 Å². The van der Waals surface area contributed by atoms with Crippen LogP contribution in [0.2, 0.25) is 0 Å². The second kappa shape index (κ2) is 6.49. The quantitative estimate of drug-likeness (QED) is 0.779. The minimum atomic E-state index is -0.292. The number of nitrogens with one attached hydrogen (secondary N) is 1. The highest BCUT2D eigenvalue weighted by Gasteiger charge is 2.09. The fourth-order valence-corrected chi connectivity index (χ4v) is 2.18. The fourth-order valence-electron chi connectivity index (χ4n) is 2.18. The number of halogens is 1. The Labute approximate surface area is 128 Å². The first kappa shape index (κ1) is 14.4. The van der Waals surface area contributed by atoms with Gasteiger partial charge in [0, 0.05) is 24.0 Å². The Kier molecular flexibility index (Phi) is 4.25. The van der Waals surface area contributed by atoms with Gasteiger partial charge in [0.25, 0.3) is 0 Å². The van der Waals surface area contributed by atoms with Gasteiger partial charge >= 0.3 is 0 Å². The zero-order valence-electron chi connectivity index (χ0n) is 12.2. The van der Waals surface area contributed by atoms with Gasteiger partial charge in [0.1, 0.15) is 5.82 Å². The average molecular weight is 297 g/mol. The van der Waals surface area contributed by atoms with Crippen molar-refractivity contribution < 1.29 is 8.81 Å². The highest BCUT2D eigenvalue weighted by atomic mass is 19.1. The lowest BCUT2D eigenvalue weighted by atomic mass is 10.1. The van der Waals surface area contributed by atoms with Crippen LogP contribution in [0.1, 0.15) is 24.4 Å². The minimum absolute atomic E-state index is 0.160. The van der Waals surface area contributed by atoms with Gasteiger partial charge in [-0.25, -0.2) is 9.37 Å². The lowest BCUT2D eigenvalue weighted by Crippen LogP contribution is -2.18. The fraction of sp³-hybridized carbons (Fsp3) is 0.176. The van der Waals surface area contributed by atoms with E-state index in [1.165, 1.54) is 12.1 Å². The molecule has 0 fully saturated rings. The van der Waals surface area contributed by atoms with E-state index in [0.29, 0.717) is 23.8 Å². The normalized spacial score (nSPS) is 12.3. The van der Waals surface area contributed by atoms with Gasteiger partial charge in [0.2, 0.25) is 5.89 Å². The molecule has 0 amide bonds. The largest absolute Gasteiger partial charge is 0.439 e. The van der Waals surface area contributed by atoms with Crippen LogP contribution in [0.15, 0.2) is 59.4 Å². The van der Waals surface area contributed by atoms with E-state index in [1.54, 1.807) is 30.7 Å². The molecule has 0 aliphatic carbocycles. The molecule has 1 aromatic carbocycles. The molecule has 1 atom stereocenters. The topological polar surface area (TPSA) is 51.0 Å². The van der Waals surface area contributed by atoms with Crippen molar-refractivity contribution in [3.63, 3.8) is 0 Å². The summed E-state index contributed by atoms with van der Waals surface area (Å²) in [4.78, 5) is 8.22. The summed E-state index contributed by atoms with van der Waals surface area (Å²) in [5.41, 5.74) is 1.83. The number of oxazole rings is 1. The molecule has 0 bridgehead atoms. The van der Waals surface area contributed by atoms with Crippen molar-refractivity contribution in [1.82, 2.24) is 15.3 Å². The molecule has 112 valence electrons. The molecule has 2 aromatic heterocycles. The summed E-state index contributed by atoms with van der Waals surface area (Å²) in [6, 6.07) is 10.4. The lowest BCUT2D eigenvalue weighted by Gasteiger charge is -2.12. The van der Waals surface area contributed by atoms with E-state index in [0.717, 1.165) is 5.56 Å². The van der Waals surface area contributed by atoms with Gasteiger partial charge < -0.3 is 9.73 Å². The van der Waals surface area contributed by atoms with E-state index in [1.807, 2.05) is 12.1 Å². The molecular formula is C17H16FN3O. The van der Waals surface area contributed by atoms with Gasteiger partial charge in [0.05, 0.1) is 12.7 Å². The third kappa shape index (κ3) is 3.38. The van der Waals surface area contributed by atoms with E-state index < -0.39 is 0 Å². The number of nitrogens with zero attached hydrogens (tertiary/aromatic N) is 2. The molecule has 4 nitrogen and oxygen atoms in total. The van der Waals surface area contributed by atoms with Crippen LogP contribution in [-0.2, 0) is 6.54 Å². The molecule has 0 saturated carbocycles. The van der Waals surface area contributed by atoms with Crippen LogP contribution in [0.4, 0.5) is 4.39 Å². The first-order valence-corrected chi connectivity index (χ1v) is 7.06. The standard InChI is InChI=1S/C17H16FN3O/c1-12(13-5-7-19-8-6-13)20-11-17-21-10-16(22-17)14-3-2-4-15(18)9-14/h2-10,12,20H,11H2,1H3/t12-/m1/s1. The number of rotatable bonds is 5. The summed E-state index contributed by atoms with van der Waals surface area (Å²) in [6.45, 7) is 2.56. The van der Waals surface area contributed by atoms with E-state index in [4.69, 9.17) is 4.42 Å². The number of aromatic nitrogens is 2. The molecule has 0 radical (unpaired) electrons. The number of pyridine rings is 1. The van der Waals surface area contributed by atoms with Crippen molar-refractivity contribution in [2.75, 3.05) is 0 Å². The molecule has 0 unspecified atom stereocenters. The highest BCUT2D eigenvalue weighted by Crippen LogP contribution is 2.21. The number of benzene rings is 1. The van der Waals surface area contributed by atoms with Gasteiger partial charge in [-0.15, -0.1) is 0 Å². The zero-order chi connectivity index (χ0) is 15.4. The second-order valence-corrected chi connectivity index (χ2v) is 5.01. The van der Waals surface area contributed by atoms with Crippen LogP contribution in [0.5, 0.6) is 0 Å². The first-order chi connectivity index (χ1) is 10.7. The minimum Gasteiger partial charge on any atom is -0.439 e. The molecule has 5 heteroatoms. The molecule has 22 heavy (non-hydrogen) atoms. The summed E-state index contributed by atoms with van der Waals surface area (Å²) in [6.07, 6.45) is 5.14. The Hall–Kier alpha value is -2.53. The Morgan fingerprint density at radius 1 is 1.23 bits per heavy atom. The predicted molar refractivity (Wildman–Crippen MR) is 81.4 cm³/mol. The zero-order valence-corrected chi connectivity index (χ0v) is 12.2. The Morgan fingerprint density at radius 3 is 2.82 bits per heavy atom. The van der Waals surface area contributed by atoms with Gasteiger partial charge in [-0.3, -0.25) is 4.98 Å². The van der Waals surface area contributed by atoms with Gasteiger partial charge in [-0.05, 0) is 36.8 Å². The number of hydrogen-bond acceptors (Lipinski definition) is 4. The Morgan fingerprint density at radius 2 is 2.05 bits per heavy atom. The maximum Gasteiger partial charge on any atom is 0.208 e. The molecule has 1 N–H and O–H groups in total. The first-order valence-electron chi connectivity index (χ1n) is 7.06. The third-order valence-electron chi connectivity index (χ3n) is 3.43. The van der Waals surface area contributed by atoms with Crippen molar-refractivity contribution in [3.8, 4) is 11.3 Å². The predicted octanol–water partition coefficient (Wildman–Crippen LogP) is 3.73. The van der Waals surface area contributed by atoms with E-state index in [9.17, 15) is 4.39 Å². The van der Waals surface area contributed by atoms with Crippen molar-refractivity contribution in [2.45, 2.75) is 19.5 Å². The molecule has 0 saturated heterocycles. The van der Waals surface area contributed by atoms with E-state index in [-0.39, 0.29) is 11.9 Å². The van der Waals surface area contributed by atoms with Crippen LogP contribution >= 0.6 is 0 Å². The summed E-state index contributed by atoms with van der Waals surface area (Å²) in [5.74, 6) is 0.841. The molecule has 2 heterocycles. The lowest BCUT2D eigenvalue weighted by molar-refractivity contribution is 0.454. The van der Waals surface area contributed by atoms with Gasteiger partial charge in [-0.1, -0.05) is 12.1 Å². The molecule has 3 aromatic rings. The van der Waals surface area contributed by atoms with Crippen LogP contribution in [-0.4, -0.2) is 9.97 Å². The van der Waals surface area contributed by atoms with E-state index in [2.05, 4.69) is 22.2 Å². The van der Waals surface area contributed by atoms with Crippen LogP contribution < -0.4 is 5.32 Å².